The first-order valence-electron chi connectivity index (χ1n) is 5.11. The first-order valence-corrected chi connectivity index (χ1v) is 5.11. The first-order chi connectivity index (χ1) is 8.09. The number of tetrazole rings is 1. The molecule has 1 unspecified atom stereocenters. The minimum absolute atomic E-state index is 0.0702. The number of aromatic nitrogens is 5. The second-order valence-corrected chi connectivity index (χ2v) is 3.95. The van der Waals surface area contributed by atoms with Crippen molar-refractivity contribution in [2.45, 2.75) is 19.9 Å². The zero-order valence-corrected chi connectivity index (χ0v) is 9.40. The number of nitrogens with one attached hydrogen (secondary N) is 1. The number of hydrogen-bond acceptors (Lipinski definition) is 6. The van der Waals surface area contributed by atoms with E-state index < -0.39 is 12.0 Å². The molecule has 0 spiro atoms. The molecule has 1 atom stereocenters. The highest BCUT2D eigenvalue weighted by atomic mass is 16.4. The molecule has 0 aromatic carbocycles. The molecule has 90 valence electrons. The number of rotatable bonds is 4. The van der Waals surface area contributed by atoms with E-state index in [1.807, 2.05) is 13.8 Å². The van der Waals surface area contributed by atoms with Crippen molar-refractivity contribution in [3.63, 3.8) is 0 Å². The van der Waals surface area contributed by atoms with Crippen molar-refractivity contribution in [1.82, 2.24) is 25.0 Å². The van der Waals surface area contributed by atoms with E-state index in [0.29, 0.717) is 11.5 Å². The molecule has 0 bridgehead atoms. The van der Waals surface area contributed by atoms with E-state index in [2.05, 4.69) is 25.8 Å². The third kappa shape index (κ3) is 2.14. The normalized spacial score (nSPS) is 12.9. The highest BCUT2D eigenvalue weighted by Crippen LogP contribution is 2.12. The molecule has 2 aromatic rings. The number of nitrogens with zero attached hydrogens (tertiary/aromatic N) is 5. The van der Waals surface area contributed by atoms with Gasteiger partial charge in [0.15, 0.2) is 11.5 Å². The van der Waals surface area contributed by atoms with Crippen LogP contribution in [0, 0.1) is 5.92 Å². The second-order valence-electron chi connectivity index (χ2n) is 3.95. The van der Waals surface area contributed by atoms with Crippen LogP contribution in [-0.4, -0.2) is 42.1 Å². The second kappa shape index (κ2) is 4.32. The molecule has 0 radical (unpaired) electrons. The van der Waals surface area contributed by atoms with E-state index in [9.17, 15) is 4.79 Å². The van der Waals surface area contributed by atoms with Gasteiger partial charge in [0.1, 0.15) is 6.04 Å². The number of anilines is 1. The fourth-order valence-corrected chi connectivity index (χ4v) is 1.45. The fourth-order valence-electron chi connectivity index (χ4n) is 1.45. The van der Waals surface area contributed by atoms with Gasteiger partial charge in [0.2, 0.25) is 0 Å². The predicted molar refractivity (Wildman–Crippen MR) is 58.5 cm³/mol. The summed E-state index contributed by atoms with van der Waals surface area (Å²) < 4.78 is 1.41. The van der Waals surface area contributed by atoms with Crippen molar-refractivity contribution in [3.05, 3.63) is 12.4 Å². The molecule has 0 aliphatic carbocycles. The molecule has 8 nitrogen and oxygen atoms in total. The van der Waals surface area contributed by atoms with Crippen LogP contribution in [0.2, 0.25) is 0 Å². The Hall–Kier alpha value is -2.25. The summed E-state index contributed by atoms with van der Waals surface area (Å²) in [4.78, 5) is 15.0. The minimum atomic E-state index is -0.926. The molecular weight excluding hydrogens is 224 g/mol. The number of carboxylic acid groups (broad SMARTS) is 1. The largest absolute Gasteiger partial charge is 0.480 e. The smallest absolute Gasteiger partial charge is 0.326 e. The van der Waals surface area contributed by atoms with Crippen molar-refractivity contribution in [2.24, 2.45) is 5.92 Å². The Morgan fingerprint density at radius 3 is 2.88 bits per heavy atom. The molecule has 0 amide bonds. The SMILES string of the molecule is CC(C)C(Nc1cncc2nnnn12)C(=O)O. The highest BCUT2D eigenvalue weighted by Gasteiger charge is 2.22. The molecular formula is C9H12N6O2. The quantitative estimate of drug-likeness (QED) is 0.772. The van der Waals surface area contributed by atoms with Crippen molar-refractivity contribution in [3.8, 4) is 0 Å². The number of carbonyl (C=O) groups is 1. The van der Waals surface area contributed by atoms with Gasteiger partial charge in [-0.05, 0) is 16.3 Å². The van der Waals surface area contributed by atoms with Crippen LogP contribution in [0.15, 0.2) is 12.4 Å². The Labute approximate surface area is 96.7 Å². The molecule has 2 N–H and O–H groups in total. The van der Waals surface area contributed by atoms with Gasteiger partial charge < -0.3 is 10.4 Å². The lowest BCUT2D eigenvalue weighted by Crippen LogP contribution is -2.35. The van der Waals surface area contributed by atoms with Gasteiger partial charge in [0.25, 0.3) is 0 Å². The number of aliphatic carboxylic acids is 1. The van der Waals surface area contributed by atoms with E-state index in [0.717, 1.165) is 0 Å². The average molecular weight is 236 g/mol. The van der Waals surface area contributed by atoms with Crippen LogP contribution in [0.1, 0.15) is 13.8 Å². The molecule has 8 heteroatoms. The van der Waals surface area contributed by atoms with Gasteiger partial charge in [0.05, 0.1) is 12.4 Å². The maximum Gasteiger partial charge on any atom is 0.326 e. The van der Waals surface area contributed by atoms with Crippen molar-refractivity contribution in [1.29, 1.82) is 0 Å². The summed E-state index contributed by atoms with van der Waals surface area (Å²) >= 11 is 0. The van der Waals surface area contributed by atoms with Crippen LogP contribution in [0.25, 0.3) is 5.65 Å². The van der Waals surface area contributed by atoms with Crippen LogP contribution >= 0.6 is 0 Å². The van der Waals surface area contributed by atoms with E-state index in [-0.39, 0.29) is 5.92 Å². The predicted octanol–water partition coefficient (Wildman–Crippen LogP) is 0.0404. The van der Waals surface area contributed by atoms with Crippen molar-refractivity contribution < 1.29 is 9.90 Å². The van der Waals surface area contributed by atoms with Crippen molar-refractivity contribution >= 4 is 17.4 Å². The van der Waals surface area contributed by atoms with Gasteiger partial charge in [-0.2, -0.15) is 4.52 Å². The summed E-state index contributed by atoms with van der Waals surface area (Å²) in [6.07, 6.45) is 2.98. The van der Waals surface area contributed by atoms with Crippen LogP contribution < -0.4 is 5.32 Å². The topological polar surface area (TPSA) is 105 Å². The van der Waals surface area contributed by atoms with Gasteiger partial charge in [-0.1, -0.05) is 13.8 Å². The molecule has 17 heavy (non-hydrogen) atoms. The molecule has 0 saturated heterocycles. The van der Waals surface area contributed by atoms with E-state index >= 15 is 0 Å². The Balaban J connectivity index is 2.34. The Morgan fingerprint density at radius 1 is 1.47 bits per heavy atom. The summed E-state index contributed by atoms with van der Waals surface area (Å²) in [6.45, 7) is 3.64. The highest BCUT2D eigenvalue weighted by molar-refractivity contribution is 5.77. The number of carboxylic acids is 1. The molecule has 0 aliphatic heterocycles. The maximum atomic E-state index is 11.1. The Morgan fingerprint density at radius 2 is 2.24 bits per heavy atom. The van der Waals surface area contributed by atoms with Gasteiger partial charge in [-0.25, -0.2) is 4.79 Å². The summed E-state index contributed by atoms with van der Waals surface area (Å²) in [5.74, 6) is -0.544. The molecule has 0 aliphatic rings. The zero-order chi connectivity index (χ0) is 12.4. The summed E-state index contributed by atoms with van der Waals surface area (Å²) in [6, 6.07) is -0.716. The molecule has 0 saturated carbocycles. The summed E-state index contributed by atoms with van der Waals surface area (Å²) in [5, 5.41) is 22.9. The molecule has 0 fully saturated rings. The average Bonchev–Trinajstić information content (AvgIpc) is 2.73. The summed E-state index contributed by atoms with van der Waals surface area (Å²) in [5.41, 5.74) is 0.461. The maximum absolute atomic E-state index is 11.1. The van der Waals surface area contributed by atoms with Crippen LogP contribution in [0.3, 0.4) is 0 Å². The Bertz CT molecular complexity index is 537. The third-order valence-corrected chi connectivity index (χ3v) is 2.34. The van der Waals surface area contributed by atoms with Gasteiger partial charge in [-0.15, -0.1) is 5.10 Å². The van der Waals surface area contributed by atoms with Crippen molar-refractivity contribution in [2.75, 3.05) is 5.32 Å². The number of fused-ring (bicyclic) bond motifs is 1. The minimum Gasteiger partial charge on any atom is -0.480 e. The summed E-state index contributed by atoms with van der Waals surface area (Å²) in [7, 11) is 0. The fraction of sp³-hybridized carbons (Fsp3) is 0.444. The standard InChI is InChI=1S/C9H12N6O2/c1-5(2)8(9(16)17)11-6-3-10-4-7-12-13-14-15(6)7/h3-5,8,11H,1-2H3,(H,16,17). The zero-order valence-electron chi connectivity index (χ0n) is 9.40. The van der Waals surface area contributed by atoms with Gasteiger partial charge in [-0.3, -0.25) is 4.98 Å². The monoisotopic (exact) mass is 236 g/mol. The molecule has 2 rings (SSSR count). The lowest BCUT2D eigenvalue weighted by Gasteiger charge is -2.18. The van der Waals surface area contributed by atoms with Gasteiger partial charge in [0, 0.05) is 0 Å². The lowest BCUT2D eigenvalue weighted by atomic mass is 10.1. The van der Waals surface area contributed by atoms with E-state index in [1.165, 1.54) is 16.9 Å². The van der Waals surface area contributed by atoms with E-state index in [4.69, 9.17) is 5.11 Å². The first kappa shape index (κ1) is 11.2. The molecule has 2 aromatic heterocycles. The lowest BCUT2D eigenvalue weighted by molar-refractivity contribution is -0.138. The van der Waals surface area contributed by atoms with Crippen LogP contribution in [-0.2, 0) is 4.79 Å². The van der Waals surface area contributed by atoms with E-state index in [1.54, 1.807) is 0 Å². The Kier molecular flexibility index (Phi) is 2.86. The van der Waals surface area contributed by atoms with Gasteiger partial charge >= 0.3 is 5.97 Å². The van der Waals surface area contributed by atoms with Crippen LogP contribution in [0.4, 0.5) is 5.82 Å². The van der Waals surface area contributed by atoms with Crippen LogP contribution in [0.5, 0.6) is 0 Å². The molecule has 2 heterocycles. The number of hydrogen-bond donors (Lipinski definition) is 2. The third-order valence-electron chi connectivity index (χ3n) is 2.34.